The summed E-state index contributed by atoms with van der Waals surface area (Å²) in [5, 5.41) is 0. The van der Waals surface area contributed by atoms with Crippen LogP contribution >= 0.6 is 0 Å². The van der Waals surface area contributed by atoms with Crippen molar-refractivity contribution in [3.63, 3.8) is 0 Å². The number of amides is 4. The summed E-state index contributed by atoms with van der Waals surface area (Å²) < 4.78 is 0. The van der Waals surface area contributed by atoms with Gasteiger partial charge < -0.3 is 0 Å². The second kappa shape index (κ2) is 7.76. The highest BCUT2D eigenvalue weighted by Crippen LogP contribution is 2.26. The lowest BCUT2D eigenvalue weighted by Crippen LogP contribution is -2.38. The molecule has 0 aromatic carbocycles. The zero-order valence-corrected chi connectivity index (χ0v) is 15.4. The first-order valence-electron chi connectivity index (χ1n) is 8.84. The van der Waals surface area contributed by atoms with Crippen LogP contribution in [0.5, 0.6) is 0 Å². The Morgan fingerprint density at radius 2 is 1.40 bits per heavy atom. The van der Waals surface area contributed by atoms with Crippen LogP contribution in [-0.4, -0.2) is 46.5 Å². The Balaban J connectivity index is 1.96. The minimum Gasteiger partial charge on any atom is -0.275 e. The maximum atomic E-state index is 12.1. The molecule has 2 aliphatic rings. The van der Waals surface area contributed by atoms with Gasteiger partial charge in [-0.2, -0.15) is 0 Å². The first kappa shape index (κ1) is 19.1. The number of imide groups is 2. The predicted octanol–water partition coefficient (Wildman–Crippen LogP) is 2.06. The highest BCUT2D eigenvalue weighted by atomic mass is 16.2. The molecular formula is C19H26N2O4. The Labute approximate surface area is 148 Å². The van der Waals surface area contributed by atoms with Crippen molar-refractivity contribution in [2.24, 2.45) is 11.8 Å². The van der Waals surface area contributed by atoms with Crippen molar-refractivity contribution >= 4 is 23.6 Å². The molecule has 0 radical (unpaired) electrons. The van der Waals surface area contributed by atoms with Crippen LogP contribution in [0.2, 0.25) is 0 Å². The van der Waals surface area contributed by atoms with Gasteiger partial charge in [0.1, 0.15) is 0 Å². The molecule has 2 heterocycles. The first-order chi connectivity index (χ1) is 11.8. The molecule has 0 aromatic heterocycles. The van der Waals surface area contributed by atoms with E-state index in [1.165, 1.54) is 22.0 Å². The Morgan fingerprint density at radius 1 is 0.880 bits per heavy atom. The monoisotopic (exact) mass is 346 g/mol. The standard InChI is InChI=1S/C19H26N2O4/c1-5-6-15(11-21-17(23)10-14(4)19(21)25)12(2)7-8-20-16(22)9-13(3)18(20)24/h9-10,12,15H,5-8,11H2,1-4H3. The van der Waals surface area contributed by atoms with E-state index in [4.69, 9.17) is 0 Å². The van der Waals surface area contributed by atoms with Gasteiger partial charge in [-0.05, 0) is 38.5 Å². The predicted molar refractivity (Wildman–Crippen MR) is 93.1 cm³/mol. The van der Waals surface area contributed by atoms with Crippen LogP contribution in [0.25, 0.3) is 0 Å². The second-order valence-electron chi connectivity index (χ2n) is 7.02. The number of nitrogens with zero attached hydrogens (tertiary/aromatic N) is 2. The smallest absolute Gasteiger partial charge is 0.256 e. The number of carbonyl (C=O) groups excluding carboxylic acids is 4. The number of hydrogen-bond donors (Lipinski definition) is 0. The molecule has 0 N–H and O–H groups in total. The molecule has 0 aromatic rings. The second-order valence-corrected chi connectivity index (χ2v) is 7.02. The zero-order valence-electron chi connectivity index (χ0n) is 15.4. The summed E-state index contributed by atoms with van der Waals surface area (Å²) in [6.45, 7) is 8.17. The van der Waals surface area contributed by atoms with Crippen molar-refractivity contribution in [2.75, 3.05) is 13.1 Å². The lowest BCUT2D eigenvalue weighted by Gasteiger charge is -2.28. The first-order valence-corrected chi connectivity index (χ1v) is 8.84. The topological polar surface area (TPSA) is 74.8 Å². The van der Waals surface area contributed by atoms with E-state index in [1.807, 2.05) is 0 Å². The van der Waals surface area contributed by atoms with Gasteiger partial charge in [0.05, 0.1) is 0 Å². The molecule has 136 valence electrons. The molecule has 2 rings (SSSR count). The van der Waals surface area contributed by atoms with Crippen LogP contribution in [-0.2, 0) is 19.2 Å². The molecule has 2 unspecified atom stereocenters. The molecule has 0 fully saturated rings. The summed E-state index contributed by atoms with van der Waals surface area (Å²) in [6, 6.07) is 0. The van der Waals surface area contributed by atoms with Gasteiger partial charge in [-0.25, -0.2) is 0 Å². The molecule has 0 aliphatic carbocycles. The van der Waals surface area contributed by atoms with Gasteiger partial charge in [0.25, 0.3) is 23.6 Å². The highest BCUT2D eigenvalue weighted by Gasteiger charge is 2.33. The maximum absolute atomic E-state index is 12.1. The van der Waals surface area contributed by atoms with Gasteiger partial charge in [-0.1, -0.05) is 20.3 Å². The van der Waals surface area contributed by atoms with Gasteiger partial charge in [-0.15, -0.1) is 0 Å². The van der Waals surface area contributed by atoms with E-state index in [-0.39, 0.29) is 35.5 Å². The summed E-state index contributed by atoms with van der Waals surface area (Å²) in [4.78, 5) is 50.4. The van der Waals surface area contributed by atoms with E-state index in [2.05, 4.69) is 13.8 Å². The van der Waals surface area contributed by atoms with Crippen molar-refractivity contribution < 1.29 is 19.2 Å². The summed E-state index contributed by atoms with van der Waals surface area (Å²) in [6.07, 6.45) is 5.24. The van der Waals surface area contributed by atoms with Gasteiger partial charge in [0.2, 0.25) is 0 Å². The maximum Gasteiger partial charge on any atom is 0.256 e. The van der Waals surface area contributed by atoms with Gasteiger partial charge in [0, 0.05) is 36.4 Å². The van der Waals surface area contributed by atoms with E-state index in [9.17, 15) is 19.2 Å². The molecule has 4 amide bonds. The lowest BCUT2D eigenvalue weighted by atomic mass is 9.87. The Morgan fingerprint density at radius 3 is 1.84 bits per heavy atom. The zero-order chi connectivity index (χ0) is 18.7. The molecule has 6 nitrogen and oxygen atoms in total. The number of carbonyl (C=O) groups is 4. The van der Waals surface area contributed by atoms with Crippen molar-refractivity contribution in [1.29, 1.82) is 0 Å². The highest BCUT2D eigenvalue weighted by molar-refractivity contribution is 6.16. The van der Waals surface area contributed by atoms with Crippen LogP contribution in [0.15, 0.2) is 23.3 Å². The molecule has 0 spiro atoms. The molecule has 0 saturated heterocycles. The molecular weight excluding hydrogens is 320 g/mol. The minimum absolute atomic E-state index is 0.152. The molecule has 0 bridgehead atoms. The Kier molecular flexibility index (Phi) is 5.93. The van der Waals surface area contributed by atoms with Crippen molar-refractivity contribution in [2.45, 2.75) is 47.0 Å². The molecule has 2 aliphatic heterocycles. The van der Waals surface area contributed by atoms with E-state index in [0.29, 0.717) is 30.7 Å². The lowest BCUT2D eigenvalue weighted by molar-refractivity contribution is -0.138. The van der Waals surface area contributed by atoms with Crippen LogP contribution in [0.3, 0.4) is 0 Å². The van der Waals surface area contributed by atoms with Gasteiger partial charge in [-0.3, -0.25) is 29.0 Å². The molecule has 25 heavy (non-hydrogen) atoms. The fourth-order valence-electron chi connectivity index (χ4n) is 3.39. The van der Waals surface area contributed by atoms with E-state index in [1.54, 1.807) is 13.8 Å². The third-order valence-corrected chi connectivity index (χ3v) is 5.07. The average molecular weight is 346 g/mol. The van der Waals surface area contributed by atoms with Crippen molar-refractivity contribution in [3.8, 4) is 0 Å². The fraction of sp³-hybridized carbons (Fsp3) is 0.579. The van der Waals surface area contributed by atoms with E-state index in [0.717, 1.165) is 12.8 Å². The van der Waals surface area contributed by atoms with E-state index < -0.39 is 0 Å². The number of hydrogen-bond acceptors (Lipinski definition) is 4. The van der Waals surface area contributed by atoms with Crippen molar-refractivity contribution in [3.05, 3.63) is 23.3 Å². The average Bonchev–Trinajstić information content (AvgIpc) is 2.94. The summed E-state index contributed by atoms with van der Waals surface area (Å²) in [5.74, 6) is -0.619. The van der Waals surface area contributed by atoms with E-state index >= 15 is 0 Å². The van der Waals surface area contributed by atoms with Crippen LogP contribution in [0.1, 0.15) is 47.0 Å². The third-order valence-electron chi connectivity index (χ3n) is 5.07. The van der Waals surface area contributed by atoms with Crippen LogP contribution in [0.4, 0.5) is 0 Å². The molecule has 0 saturated carbocycles. The summed E-state index contributed by atoms with van der Waals surface area (Å²) in [7, 11) is 0. The Hall–Kier alpha value is -2.24. The largest absolute Gasteiger partial charge is 0.275 e. The van der Waals surface area contributed by atoms with Crippen LogP contribution < -0.4 is 0 Å². The fourth-order valence-corrected chi connectivity index (χ4v) is 3.39. The number of rotatable bonds is 8. The minimum atomic E-state index is -0.258. The normalized spacial score (nSPS) is 20.3. The van der Waals surface area contributed by atoms with Gasteiger partial charge >= 0.3 is 0 Å². The quantitative estimate of drug-likeness (QED) is 0.631. The van der Waals surface area contributed by atoms with Gasteiger partial charge in [0.15, 0.2) is 0 Å². The van der Waals surface area contributed by atoms with Crippen molar-refractivity contribution in [1.82, 2.24) is 9.80 Å². The SMILES string of the molecule is CCCC(CN1C(=O)C=C(C)C1=O)C(C)CCN1C(=O)C=C(C)C1=O. The molecule has 6 heteroatoms. The summed E-state index contributed by atoms with van der Waals surface area (Å²) >= 11 is 0. The summed E-state index contributed by atoms with van der Waals surface area (Å²) in [5.41, 5.74) is 0.945. The Bertz CT molecular complexity index is 662. The molecule has 2 atom stereocenters. The third kappa shape index (κ3) is 4.06. The van der Waals surface area contributed by atoms with Crippen LogP contribution in [0, 0.1) is 11.8 Å².